The summed E-state index contributed by atoms with van der Waals surface area (Å²) in [6.07, 6.45) is 2.10. The van der Waals surface area contributed by atoms with Crippen molar-refractivity contribution in [3.8, 4) is 5.75 Å². The highest BCUT2D eigenvalue weighted by molar-refractivity contribution is 5.83. The fraction of sp³-hybridized carbons (Fsp3) is 0.533. The van der Waals surface area contributed by atoms with Crippen LogP contribution in [0.15, 0.2) is 24.3 Å². The lowest BCUT2D eigenvalue weighted by atomic mass is 9.90. The van der Waals surface area contributed by atoms with Crippen LogP contribution in [-0.4, -0.2) is 48.8 Å². The van der Waals surface area contributed by atoms with Crippen molar-refractivity contribution in [3.63, 3.8) is 0 Å². The predicted octanol–water partition coefficient (Wildman–Crippen LogP) is 2.05. The zero-order valence-electron chi connectivity index (χ0n) is 12.1. The van der Waals surface area contributed by atoms with E-state index < -0.39 is 11.5 Å². The first-order chi connectivity index (χ1) is 9.55. The Kier molecular flexibility index (Phi) is 4.49. The van der Waals surface area contributed by atoms with Gasteiger partial charge < -0.3 is 20.1 Å². The summed E-state index contributed by atoms with van der Waals surface area (Å²) in [5.41, 5.74) is -0.103. The van der Waals surface area contributed by atoms with Gasteiger partial charge in [0.05, 0.1) is 7.11 Å². The topological polar surface area (TPSA) is 61.8 Å². The van der Waals surface area contributed by atoms with Crippen LogP contribution in [0.5, 0.6) is 5.75 Å². The third-order valence-electron chi connectivity index (χ3n) is 3.93. The lowest BCUT2D eigenvalue weighted by Crippen LogP contribution is -2.47. The molecule has 0 aromatic heterocycles. The van der Waals surface area contributed by atoms with Crippen molar-refractivity contribution in [1.82, 2.24) is 4.90 Å². The minimum Gasteiger partial charge on any atom is -0.497 e. The van der Waals surface area contributed by atoms with Crippen molar-refractivity contribution in [2.24, 2.45) is 0 Å². The van der Waals surface area contributed by atoms with Crippen LogP contribution < -0.4 is 10.1 Å². The Morgan fingerprint density at radius 3 is 2.90 bits per heavy atom. The maximum absolute atomic E-state index is 11.8. The highest BCUT2D eigenvalue weighted by Gasteiger charge is 2.39. The predicted molar refractivity (Wildman–Crippen MR) is 78.3 cm³/mol. The molecule has 1 aromatic carbocycles. The smallest absolute Gasteiger partial charge is 0.329 e. The summed E-state index contributed by atoms with van der Waals surface area (Å²) in [4.78, 5) is 14.0. The number of ether oxygens (including phenoxy) is 1. The van der Waals surface area contributed by atoms with Gasteiger partial charge in [0.15, 0.2) is 0 Å². The minimum atomic E-state index is -0.892. The van der Waals surface area contributed by atoms with Gasteiger partial charge in [0.2, 0.25) is 0 Å². The number of aliphatic carboxylic acids is 1. The van der Waals surface area contributed by atoms with Crippen molar-refractivity contribution >= 4 is 11.7 Å². The molecule has 2 N–H and O–H groups in total. The van der Waals surface area contributed by atoms with E-state index in [1.807, 2.05) is 31.3 Å². The number of rotatable bonds is 4. The molecule has 1 unspecified atom stereocenters. The normalized spacial score (nSPS) is 23.9. The number of hydrogen-bond acceptors (Lipinski definition) is 4. The van der Waals surface area contributed by atoms with Crippen LogP contribution >= 0.6 is 0 Å². The van der Waals surface area contributed by atoms with Crippen LogP contribution in [0, 0.1) is 0 Å². The Labute approximate surface area is 119 Å². The molecule has 1 aromatic rings. The van der Waals surface area contributed by atoms with Crippen LogP contribution in [0.25, 0.3) is 0 Å². The molecule has 1 heterocycles. The van der Waals surface area contributed by atoms with Crippen LogP contribution in [0.1, 0.15) is 19.3 Å². The van der Waals surface area contributed by atoms with Gasteiger partial charge in [-0.1, -0.05) is 6.07 Å². The van der Waals surface area contributed by atoms with Gasteiger partial charge in [-0.05, 0) is 45.0 Å². The first-order valence-electron chi connectivity index (χ1n) is 6.90. The Hall–Kier alpha value is -1.75. The molecule has 0 saturated carbocycles. The van der Waals surface area contributed by atoms with Crippen LogP contribution in [0.4, 0.5) is 5.69 Å². The maximum atomic E-state index is 11.8. The quantitative estimate of drug-likeness (QED) is 0.882. The average molecular weight is 278 g/mol. The summed E-state index contributed by atoms with van der Waals surface area (Å²) in [6.45, 7) is 1.72. The molecule has 1 saturated heterocycles. The molecule has 0 amide bonds. The largest absolute Gasteiger partial charge is 0.497 e. The summed E-state index contributed by atoms with van der Waals surface area (Å²) >= 11 is 0. The van der Waals surface area contributed by atoms with E-state index in [4.69, 9.17) is 4.74 Å². The number of carbonyl (C=O) groups is 1. The van der Waals surface area contributed by atoms with Gasteiger partial charge in [0.25, 0.3) is 0 Å². The SMILES string of the molecule is COc1cccc(NC2(C(=O)O)CCCN(C)CC2)c1. The van der Waals surface area contributed by atoms with Crippen LogP contribution in [-0.2, 0) is 4.79 Å². The number of nitrogens with zero attached hydrogens (tertiary/aromatic N) is 1. The van der Waals surface area contributed by atoms with Crippen molar-refractivity contribution < 1.29 is 14.6 Å². The Bertz CT molecular complexity index is 478. The summed E-state index contributed by atoms with van der Waals surface area (Å²) in [6, 6.07) is 7.42. The maximum Gasteiger partial charge on any atom is 0.329 e. The molecule has 0 aliphatic carbocycles. The first kappa shape index (κ1) is 14.7. The minimum absolute atomic E-state index is 0.593. The molecular weight excluding hydrogens is 256 g/mol. The van der Waals surface area contributed by atoms with Gasteiger partial charge in [-0.25, -0.2) is 4.79 Å². The van der Waals surface area contributed by atoms with E-state index in [0.29, 0.717) is 12.8 Å². The van der Waals surface area contributed by atoms with E-state index in [2.05, 4.69) is 10.2 Å². The highest BCUT2D eigenvalue weighted by Crippen LogP contribution is 2.28. The molecule has 20 heavy (non-hydrogen) atoms. The molecule has 0 radical (unpaired) electrons. The summed E-state index contributed by atoms with van der Waals surface area (Å²) in [7, 11) is 3.64. The fourth-order valence-corrected chi connectivity index (χ4v) is 2.64. The number of methoxy groups -OCH3 is 1. The zero-order valence-corrected chi connectivity index (χ0v) is 12.1. The highest BCUT2D eigenvalue weighted by atomic mass is 16.5. The van der Waals surface area contributed by atoms with Crippen molar-refractivity contribution in [2.45, 2.75) is 24.8 Å². The number of likely N-dealkylation sites (tertiary alicyclic amines) is 1. The molecule has 5 nitrogen and oxygen atoms in total. The zero-order chi connectivity index (χ0) is 14.6. The number of nitrogens with one attached hydrogen (secondary N) is 1. The third-order valence-corrected chi connectivity index (χ3v) is 3.93. The van der Waals surface area contributed by atoms with Gasteiger partial charge >= 0.3 is 5.97 Å². The van der Waals surface area contributed by atoms with Gasteiger partial charge in [-0.15, -0.1) is 0 Å². The second-order valence-corrected chi connectivity index (χ2v) is 5.40. The van der Waals surface area contributed by atoms with Crippen LogP contribution in [0.3, 0.4) is 0 Å². The van der Waals surface area contributed by atoms with Gasteiger partial charge in [0.1, 0.15) is 11.3 Å². The van der Waals surface area contributed by atoms with E-state index >= 15 is 0 Å². The molecule has 1 atom stereocenters. The first-order valence-corrected chi connectivity index (χ1v) is 6.90. The summed E-state index contributed by atoms with van der Waals surface area (Å²) in [5, 5.41) is 12.9. The molecular formula is C15H22N2O3. The number of benzene rings is 1. The lowest BCUT2D eigenvalue weighted by molar-refractivity contribution is -0.142. The van der Waals surface area contributed by atoms with Gasteiger partial charge in [0, 0.05) is 18.3 Å². The molecule has 0 bridgehead atoms. The molecule has 0 spiro atoms. The van der Waals surface area contributed by atoms with Crippen molar-refractivity contribution in [3.05, 3.63) is 24.3 Å². The second-order valence-electron chi connectivity index (χ2n) is 5.40. The number of carboxylic acid groups (broad SMARTS) is 1. The number of hydrogen-bond donors (Lipinski definition) is 2. The van der Waals surface area contributed by atoms with E-state index in [1.165, 1.54) is 0 Å². The van der Waals surface area contributed by atoms with Crippen LogP contribution in [0.2, 0.25) is 0 Å². The van der Waals surface area contributed by atoms with E-state index in [9.17, 15) is 9.90 Å². The van der Waals surface area contributed by atoms with Crippen molar-refractivity contribution in [2.75, 3.05) is 32.6 Å². The Morgan fingerprint density at radius 1 is 1.40 bits per heavy atom. The van der Waals surface area contributed by atoms with E-state index in [-0.39, 0.29) is 0 Å². The third kappa shape index (κ3) is 3.22. The molecule has 110 valence electrons. The standard InChI is InChI=1S/C15H22N2O3/c1-17-9-4-7-15(8-10-17,14(18)19)16-12-5-3-6-13(11-12)20-2/h3,5-6,11,16H,4,7-10H2,1-2H3,(H,18,19). The Balaban J connectivity index is 2.22. The molecule has 2 rings (SSSR count). The Morgan fingerprint density at radius 2 is 2.20 bits per heavy atom. The van der Waals surface area contributed by atoms with Crippen molar-refractivity contribution in [1.29, 1.82) is 0 Å². The lowest BCUT2D eigenvalue weighted by Gasteiger charge is -2.30. The van der Waals surface area contributed by atoms with Gasteiger partial charge in [-0.2, -0.15) is 0 Å². The van der Waals surface area contributed by atoms with Gasteiger partial charge in [-0.3, -0.25) is 0 Å². The molecule has 5 heteroatoms. The fourth-order valence-electron chi connectivity index (χ4n) is 2.64. The monoisotopic (exact) mass is 278 g/mol. The summed E-state index contributed by atoms with van der Waals surface area (Å²) < 4.78 is 5.18. The number of carboxylic acids is 1. The average Bonchev–Trinajstić information content (AvgIpc) is 2.62. The summed E-state index contributed by atoms with van der Waals surface area (Å²) in [5.74, 6) is -0.0584. The number of anilines is 1. The molecule has 1 aliphatic heterocycles. The van der Waals surface area contributed by atoms with E-state index in [0.717, 1.165) is 30.9 Å². The molecule has 1 aliphatic rings. The van der Waals surface area contributed by atoms with E-state index in [1.54, 1.807) is 7.11 Å². The molecule has 1 fully saturated rings. The second kappa shape index (κ2) is 6.13.